The Morgan fingerprint density at radius 1 is 1.42 bits per heavy atom. The summed E-state index contributed by atoms with van der Waals surface area (Å²) in [5.74, 6) is 0. The van der Waals surface area contributed by atoms with Crippen LogP contribution < -0.4 is 4.72 Å². The molecule has 0 aliphatic heterocycles. The van der Waals surface area contributed by atoms with Crippen LogP contribution in [0.25, 0.3) is 0 Å². The summed E-state index contributed by atoms with van der Waals surface area (Å²) in [6.45, 7) is 1.80. The monoisotopic (exact) mass is 205 g/mol. The zero-order valence-corrected chi connectivity index (χ0v) is 8.02. The molecular weight excluding hydrogens is 198 g/mol. The van der Waals surface area contributed by atoms with Gasteiger partial charge in [0.25, 0.3) is 0 Å². The molecule has 1 N–H and O–H groups in total. The second kappa shape index (κ2) is 3.78. The molecule has 0 fully saturated rings. The van der Waals surface area contributed by atoms with Gasteiger partial charge in [-0.2, -0.15) is 0 Å². The Labute approximate surface area is 77.4 Å². The van der Waals surface area contributed by atoms with Crippen LogP contribution in [0, 0.1) is 6.92 Å². The van der Waals surface area contributed by atoms with E-state index in [-0.39, 0.29) is 0 Å². The van der Waals surface area contributed by atoms with E-state index in [1.54, 1.807) is 25.1 Å². The van der Waals surface area contributed by atoms with Gasteiger partial charge in [0.2, 0.25) is 10.9 Å². The zero-order valence-electron chi connectivity index (χ0n) is 6.37. The molecule has 0 unspecified atom stereocenters. The number of hydrogen-bond donors (Lipinski definition) is 2. The summed E-state index contributed by atoms with van der Waals surface area (Å²) < 4.78 is 22.9. The molecule has 0 amide bonds. The normalized spacial score (nSPS) is 10.2. The van der Waals surface area contributed by atoms with Gasteiger partial charge in [0.1, 0.15) is 0 Å². The summed E-state index contributed by atoms with van der Waals surface area (Å²) in [7, 11) is -2.61. The zero-order chi connectivity index (χ0) is 9.14. The second-order valence-electron chi connectivity index (χ2n) is 2.33. The van der Waals surface area contributed by atoms with Gasteiger partial charge in [0.05, 0.1) is 5.69 Å². The summed E-state index contributed by atoms with van der Waals surface area (Å²) in [6, 6.07) is 5.03. The van der Waals surface area contributed by atoms with Gasteiger partial charge < -0.3 is 0 Å². The summed E-state index contributed by atoms with van der Waals surface area (Å²) in [6.07, 6.45) is 0. The molecule has 1 aromatic rings. The Bertz CT molecular complexity index is 354. The molecule has 5 heteroatoms. The highest BCUT2D eigenvalue weighted by Gasteiger charge is 1.98. The van der Waals surface area contributed by atoms with Crippen molar-refractivity contribution in [3.8, 4) is 0 Å². The first-order valence-corrected chi connectivity index (χ1v) is 4.82. The minimum atomic E-state index is -2.61. The van der Waals surface area contributed by atoms with Gasteiger partial charge in [-0.05, 0) is 24.6 Å². The van der Waals surface area contributed by atoms with Crippen molar-refractivity contribution in [2.45, 2.75) is 6.92 Å². The number of benzene rings is 1. The van der Waals surface area contributed by atoms with Crippen LogP contribution in [0.5, 0.6) is 0 Å². The lowest BCUT2D eigenvalue weighted by atomic mass is 10.2. The summed E-state index contributed by atoms with van der Waals surface area (Å²) in [4.78, 5) is 0. The van der Waals surface area contributed by atoms with E-state index in [0.717, 1.165) is 5.56 Å². The molecule has 1 aromatic carbocycles. The fourth-order valence-corrected chi connectivity index (χ4v) is 1.42. The number of nitrogens with one attached hydrogen (secondary N) is 1. The van der Waals surface area contributed by atoms with E-state index in [2.05, 4.69) is 4.72 Å². The molecule has 0 aromatic heterocycles. The van der Waals surface area contributed by atoms with E-state index in [9.17, 15) is 8.42 Å². The van der Waals surface area contributed by atoms with Crippen LogP contribution in [0.4, 0.5) is 5.69 Å². The first kappa shape index (κ1) is 9.35. The molecule has 0 bridgehead atoms. The van der Waals surface area contributed by atoms with Crippen LogP contribution in [0.15, 0.2) is 18.2 Å². The molecule has 0 saturated carbocycles. The first-order chi connectivity index (χ1) is 5.59. The van der Waals surface area contributed by atoms with Crippen LogP contribution in [0.1, 0.15) is 5.56 Å². The van der Waals surface area contributed by atoms with Gasteiger partial charge >= 0.3 is 0 Å². The van der Waals surface area contributed by atoms with Crippen LogP contribution >= 0.6 is 11.6 Å². The lowest BCUT2D eigenvalue weighted by molar-refractivity contribution is 0.619. The quantitative estimate of drug-likeness (QED) is 0.721. The third-order valence-corrected chi connectivity index (χ3v) is 2.07. The van der Waals surface area contributed by atoms with E-state index < -0.39 is 10.9 Å². The molecule has 0 aliphatic carbocycles. The van der Waals surface area contributed by atoms with Crippen LogP contribution in [-0.4, -0.2) is 8.42 Å². The number of halogens is 1. The van der Waals surface area contributed by atoms with Crippen molar-refractivity contribution in [2.24, 2.45) is 0 Å². The molecule has 1 rings (SSSR count). The molecule has 0 aliphatic rings. The predicted molar refractivity (Wildman–Crippen MR) is 50.1 cm³/mol. The minimum absolute atomic E-state index is 0.514. The molecular formula is C7H8ClNO2S. The number of anilines is 1. The van der Waals surface area contributed by atoms with Crippen molar-refractivity contribution in [3.63, 3.8) is 0 Å². The Hall–Kier alpha value is -0.740. The highest BCUT2D eigenvalue weighted by molar-refractivity contribution is 7.73. The molecule has 0 radical (unpaired) electrons. The third kappa shape index (κ3) is 2.39. The van der Waals surface area contributed by atoms with Crippen LogP contribution in [-0.2, 0) is 10.9 Å². The van der Waals surface area contributed by atoms with Crippen LogP contribution in [0.3, 0.4) is 0 Å². The summed E-state index contributed by atoms with van der Waals surface area (Å²) >= 11 is 5.66. The Morgan fingerprint density at radius 3 is 2.67 bits per heavy atom. The molecule has 3 nitrogen and oxygen atoms in total. The maximum absolute atomic E-state index is 10.3. The topological polar surface area (TPSA) is 46.2 Å². The number of rotatable bonds is 2. The fourth-order valence-electron chi connectivity index (χ4n) is 0.813. The standard InChI is InChI=1S/C7H8ClNO2S/c1-5-2-3-6(8)4-7(5)9-12(10)11/h2-4,12H,1H3,(H,9,10,11). The molecule has 0 atom stereocenters. The van der Waals surface area contributed by atoms with Crippen molar-refractivity contribution in [1.82, 2.24) is 0 Å². The van der Waals surface area contributed by atoms with E-state index in [1.807, 2.05) is 0 Å². The van der Waals surface area contributed by atoms with Gasteiger partial charge in [0.15, 0.2) is 0 Å². The molecule has 0 heterocycles. The largest absolute Gasteiger partial charge is 0.285 e. The second-order valence-corrected chi connectivity index (χ2v) is 3.50. The smallest absolute Gasteiger partial charge is 0.222 e. The van der Waals surface area contributed by atoms with Gasteiger partial charge in [-0.25, -0.2) is 8.42 Å². The van der Waals surface area contributed by atoms with Gasteiger partial charge in [-0.15, -0.1) is 0 Å². The summed E-state index contributed by atoms with van der Waals surface area (Å²) in [5, 5.41) is 0.514. The fraction of sp³-hybridized carbons (Fsp3) is 0.143. The van der Waals surface area contributed by atoms with E-state index in [0.29, 0.717) is 10.7 Å². The maximum atomic E-state index is 10.3. The van der Waals surface area contributed by atoms with E-state index in [4.69, 9.17) is 11.6 Å². The predicted octanol–water partition coefficient (Wildman–Crippen LogP) is 1.59. The number of thiol groups is 1. The molecule has 0 spiro atoms. The van der Waals surface area contributed by atoms with Gasteiger partial charge in [-0.1, -0.05) is 17.7 Å². The maximum Gasteiger partial charge on any atom is 0.222 e. The highest BCUT2D eigenvalue weighted by Crippen LogP contribution is 2.19. The average molecular weight is 206 g/mol. The SMILES string of the molecule is Cc1ccc(Cl)cc1N[SH](=O)=O. The molecule has 0 saturated heterocycles. The minimum Gasteiger partial charge on any atom is -0.285 e. The van der Waals surface area contributed by atoms with Gasteiger partial charge in [0, 0.05) is 5.02 Å². The van der Waals surface area contributed by atoms with E-state index >= 15 is 0 Å². The van der Waals surface area contributed by atoms with Crippen molar-refractivity contribution < 1.29 is 8.42 Å². The number of hydrogen-bond acceptors (Lipinski definition) is 2. The Kier molecular flexibility index (Phi) is 2.94. The number of aryl methyl sites for hydroxylation is 1. The van der Waals surface area contributed by atoms with Crippen molar-refractivity contribution >= 4 is 28.2 Å². The van der Waals surface area contributed by atoms with E-state index in [1.165, 1.54) is 0 Å². The summed E-state index contributed by atoms with van der Waals surface area (Å²) in [5.41, 5.74) is 1.37. The average Bonchev–Trinajstić information content (AvgIpc) is 1.96. The Balaban J connectivity index is 3.05. The molecule has 66 valence electrons. The third-order valence-electron chi connectivity index (χ3n) is 1.41. The first-order valence-electron chi connectivity index (χ1n) is 3.27. The van der Waals surface area contributed by atoms with Crippen molar-refractivity contribution in [3.05, 3.63) is 28.8 Å². The van der Waals surface area contributed by atoms with Crippen LogP contribution in [0.2, 0.25) is 5.02 Å². The molecule has 12 heavy (non-hydrogen) atoms. The Morgan fingerprint density at radius 2 is 2.08 bits per heavy atom. The van der Waals surface area contributed by atoms with Gasteiger partial charge in [-0.3, -0.25) is 4.72 Å². The van der Waals surface area contributed by atoms with Crippen molar-refractivity contribution in [1.29, 1.82) is 0 Å². The lowest BCUT2D eigenvalue weighted by Gasteiger charge is -2.02. The highest BCUT2D eigenvalue weighted by atomic mass is 35.5. The lowest BCUT2D eigenvalue weighted by Crippen LogP contribution is -1.96. The van der Waals surface area contributed by atoms with Crippen molar-refractivity contribution in [2.75, 3.05) is 4.72 Å².